The fourth-order valence-corrected chi connectivity index (χ4v) is 9.28. The first-order valence-corrected chi connectivity index (χ1v) is 17.1. The second-order valence-corrected chi connectivity index (χ2v) is 15.0. The van der Waals surface area contributed by atoms with E-state index >= 15 is 0 Å². The standard InChI is InChI=1S/C26H33ClIN7O2S/c1-17-16-35-24(31-26(17)33-12-6-7-19(33)15-30-2)14-21(28-35)23-8-4-5-11-34(23)25(29)20-13-18(27)9-10-22(20)32-38(3,36)37/h9-10,13-14,16,19,23,29,32H,2,4-8,11-12,15H2,1,3H3/t19-,23-/m0/s1. The van der Waals surface area contributed by atoms with E-state index in [1.54, 1.807) is 18.2 Å². The van der Waals surface area contributed by atoms with Gasteiger partial charge < -0.3 is 9.80 Å². The lowest BCUT2D eigenvalue weighted by Gasteiger charge is -2.38. The van der Waals surface area contributed by atoms with Crippen LogP contribution in [0.3, 0.4) is 0 Å². The van der Waals surface area contributed by atoms with Gasteiger partial charge in [0.15, 0.2) is 0 Å². The second kappa shape index (κ2) is 11.1. The molecule has 0 aromatic heterocycles. The summed E-state index contributed by atoms with van der Waals surface area (Å²) >= 11 is 5.79. The number of piperidine rings is 1. The van der Waals surface area contributed by atoms with Crippen LogP contribution in [0.25, 0.3) is 0 Å². The van der Waals surface area contributed by atoms with Gasteiger partial charge in [0, 0.05) is 66.0 Å². The van der Waals surface area contributed by atoms with Crippen molar-refractivity contribution in [3.05, 3.63) is 52.5 Å². The zero-order valence-corrected chi connectivity index (χ0v) is 25.4. The van der Waals surface area contributed by atoms with Crippen molar-refractivity contribution in [2.75, 3.05) is 30.6 Å². The van der Waals surface area contributed by atoms with Gasteiger partial charge in [0.05, 0.1) is 24.5 Å². The molecular formula is C26H33ClIN7O2S. The van der Waals surface area contributed by atoms with Gasteiger partial charge in [-0.1, -0.05) is 11.6 Å². The highest BCUT2D eigenvalue weighted by molar-refractivity contribution is 14.2. The Labute approximate surface area is 240 Å². The van der Waals surface area contributed by atoms with E-state index in [4.69, 9.17) is 22.0 Å². The summed E-state index contributed by atoms with van der Waals surface area (Å²) in [6, 6.07) is 5.36. The molecule has 5 rings (SSSR count). The molecule has 4 aliphatic rings. The summed E-state index contributed by atoms with van der Waals surface area (Å²) in [4.78, 5) is 13.8. The third-order valence-electron chi connectivity index (χ3n) is 7.18. The average molecular weight is 670 g/mol. The van der Waals surface area contributed by atoms with Crippen molar-refractivity contribution in [1.82, 2.24) is 12.9 Å². The first kappa shape index (κ1) is 27.3. The van der Waals surface area contributed by atoms with Crippen LogP contribution in [0.4, 0.5) is 5.69 Å². The molecule has 0 radical (unpaired) electrons. The molecule has 1 aromatic carbocycles. The van der Waals surface area contributed by atoms with Crippen LogP contribution in [-0.2, 0) is 10.0 Å². The number of fused-ring (bicyclic) bond motifs is 1. The Balaban J connectivity index is 1.43. The Morgan fingerprint density at radius 1 is 1.29 bits per heavy atom. The van der Waals surface area contributed by atoms with Crippen LogP contribution in [0, 0.1) is 5.41 Å². The maximum absolute atomic E-state index is 12.0. The van der Waals surface area contributed by atoms with Gasteiger partial charge >= 0.3 is 0 Å². The fraction of sp³-hybridized carbons (Fsp3) is 0.462. The number of hydrogen-bond acceptors (Lipinski definition) is 7. The van der Waals surface area contributed by atoms with Crippen molar-refractivity contribution in [1.29, 1.82) is 5.41 Å². The van der Waals surface area contributed by atoms with Gasteiger partial charge in [-0.15, -0.1) is 0 Å². The summed E-state index contributed by atoms with van der Waals surface area (Å²) in [6.45, 7) is 8.27. The lowest BCUT2D eigenvalue weighted by atomic mass is 9.97. The zero-order valence-electron chi connectivity index (χ0n) is 21.6. The van der Waals surface area contributed by atoms with Crippen molar-refractivity contribution < 1.29 is 8.42 Å². The van der Waals surface area contributed by atoms with Gasteiger partial charge in [-0.25, -0.2) is 13.4 Å². The van der Waals surface area contributed by atoms with E-state index in [-0.39, 0.29) is 11.9 Å². The molecule has 0 saturated carbocycles. The molecule has 1 aromatic rings. The zero-order chi connectivity index (χ0) is 27.0. The number of likely N-dealkylation sites (tertiary alicyclic amines) is 2. The lowest BCUT2D eigenvalue weighted by Crippen LogP contribution is -2.47. The third kappa shape index (κ3) is 5.69. The number of nitrogens with zero attached hydrogens (tertiary/aromatic N) is 5. The molecule has 0 unspecified atom stereocenters. The molecule has 4 heterocycles. The lowest BCUT2D eigenvalue weighted by molar-refractivity contribution is 0.299. The minimum atomic E-state index is -3.50. The number of benzene rings is 1. The van der Waals surface area contributed by atoms with Crippen LogP contribution in [0.5, 0.6) is 0 Å². The Hall–Kier alpha value is -2.25. The van der Waals surface area contributed by atoms with E-state index < -0.39 is 31.0 Å². The van der Waals surface area contributed by atoms with E-state index in [0.29, 0.717) is 22.3 Å². The van der Waals surface area contributed by atoms with E-state index in [9.17, 15) is 8.42 Å². The molecule has 2 saturated heterocycles. The van der Waals surface area contributed by atoms with Gasteiger partial charge in [0.25, 0.3) is 0 Å². The van der Waals surface area contributed by atoms with Crippen LogP contribution in [0.15, 0.2) is 51.9 Å². The topological polar surface area (TPSA) is 104 Å². The van der Waals surface area contributed by atoms with E-state index in [1.807, 2.05) is 0 Å². The molecule has 9 nitrogen and oxygen atoms in total. The minimum Gasteiger partial charge on any atom is -0.351 e. The summed E-state index contributed by atoms with van der Waals surface area (Å²) in [5.41, 5.74) is 2.03. The van der Waals surface area contributed by atoms with Crippen molar-refractivity contribution >= 4 is 70.2 Å². The van der Waals surface area contributed by atoms with Crippen molar-refractivity contribution in [3.63, 3.8) is 0 Å². The van der Waals surface area contributed by atoms with E-state index in [0.717, 1.165) is 69.7 Å². The smallest absolute Gasteiger partial charge is 0.229 e. The molecule has 2 N–H and O–H groups in total. The van der Waals surface area contributed by atoms with Gasteiger partial charge in [0.2, 0.25) is 10.0 Å². The number of hydrogen-bond donors (Lipinski definition) is 2. The maximum atomic E-state index is 12.0. The Kier molecular flexibility index (Phi) is 7.97. The van der Waals surface area contributed by atoms with Gasteiger partial charge in [0.1, 0.15) is 17.5 Å². The van der Waals surface area contributed by atoms with Crippen LogP contribution >= 0.6 is 32.6 Å². The number of anilines is 1. The van der Waals surface area contributed by atoms with Crippen LogP contribution in [0.1, 0.15) is 44.6 Å². The molecule has 12 heteroatoms. The average Bonchev–Trinajstić information content (AvgIpc) is 3.50. The molecule has 0 amide bonds. The van der Waals surface area contributed by atoms with Crippen LogP contribution in [0.2, 0.25) is 5.02 Å². The quantitative estimate of drug-likeness (QED) is 0.200. The summed E-state index contributed by atoms with van der Waals surface area (Å²) < 4.78 is 30.2. The molecule has 2 fully saturated rings. The van der Waals surface area contributed by atoms with Gasteiger partial charge in [-0.2, -0.15) is 0 Å². The number of amidine groups is 2. The molecule has 204 valence electrons. The Morgan fingerprint density at radius 3 is 2.87 bits per heavy atom. The number of nitrogens with one attached hydrogen (secondary N) is 2. The van der Waals surface area contributed by atoms with Crippen molar-refractivity contribution in [2.45, 2.75) is 51.1 Å². The third-order valence-corrected chi connectivity index (χ3v) is 10.9. The fourth-order valence-electron chi connectivity index (χ4n) is 5.49. The molecule has 4 aliphatic heterocycles. The second-order valence-electron chi connectivity index (χ2n) is 10.0. The summed E-state index contributed by atoms with van der Waals surface area (Å²) in [6.07, 6.45) is 10.8. The number of rotatable bonds is 6. The molecule has 38 heavy (non-hydrogen) atoms. The highest BCUT2D eigenvalue weighted by Gasteiger charge is 2.35. The molecule has 0 spiro atoms. The molecular weight excluding hydrogens is 637 g/mol. The normalized spacial score (nSPS) is 23.6. The van der Waals surface area contributed by atoms with Gasteiger partial charge in [-0.3, -0.25) is 18.2 Å². The number of aliphatic imine (C=N–C) groups is 2. The monoisotopic (exact) mass is 669 g/mol. The Bertz CT molecular complexity index is 1390. The highest BCUT2D eigenvalue weighted by Crippen LogP contribution is 2.37. The van der Waals surface area contributed by atoms with Crippen molar-refractivity contribution in [3.8, 4) is 0 Å². The van der Waals surface area contributed by atoms with Crippen molar-refractivity contribution in [2.24, 2.45) is 9.98 Å². The number of halogens is 2. The molecule has 0 aliphatic carbocycles. The first-order valence-electron chi connectivity index (χ1n) is 12.8. The SMILES string of the molecule is C=NC[C@@H]1CCCN1C1=NC2=CC([C@@H]3CCCCN3C(=N)c3cc(Cl)ccc3NS(C)(=O)=O)=IN2C=C1C. The predicted molar refractivity (Wildman–Crippen MR) is 165 cm³/mol. The highest BCUT2D eigenvalue weighted by atomic mass is 127. The predicted octanol–water partition coefficient (Wildman–Crippen LogP) is 4.59. The number of sulfonamides is 1. The largest absolute Gasteiger partial charge is 0.351 e. The van der Waals surface area contributed by atoms with E-state index in [1.165, 1.54) is 9.08 Å². The van der Waals surface area contributed by atoms with Gasteiger partial charge in [-0.05, 0) is 70.0 Å². The maximum Gasteiger partial charge on any atom is 0.229 e. The summed E-state index contributed by atoms with van der Waals surface area (Å²) in [5, 5.41) is 9.61. The van der Waals surface area contributed by atoms with E-state index in [2.05, 4.69) is 48.5 Å². The summed E-state index contributed by atoms with van der Waals surface area (Å²) in [5.74, 6) is 2.30. The molecule has 0 bridgehead atoms. The molecule has 2 atom stereocenters. The first-order chi connectivity index (χ1) is 18.1. The minimum absolute atomic E-state index is 0.0732. The summed E-state index contributed by atoms with van der Waals surface area (Å²) in [7, 11) is -3.50. The van der Waals surface area contributed by atoms with Crippen LogP contribution in [-0.4, -0.2) is 81.2 Å². The Morgan fingerprint density at radius 2 is 2.11 bits per heavy atom. The van der Waals surface area contributed by atoms with Crippen LogP contribution < -0.4 is 4.72 Å².